The molecule has 0 N–H and O–H groups in total. The molecule has 1 saturated heterocycles. The van der Waals surface area contributed by atoms with Crippen molar-refractivity contribution in [3.8, 4) is 0 Å². The molecule has 1 fully saturated rings. The summed E-state index contributed by atoms with van der Waals surface area (Å²) in [6.45, 7) is 8.65. The van der Waals surface area contributed by atoms with Crippen LogP contribution in [0, 0.1) is 13.8 Å². The molecule has 5 nitrogen and oxygen atoms in total. The molecule has 1 aliphatic rings. The monoisotopic (exact) mass is 365 g/mol. The van der Waals surface area contributed by atoms with Gasteiger partial charge in [0.25, 0.3) is 5.91 Å². The summed E-state index contributed by atoms with van der Waals surface area (Å²) in [6.07, 6.45) is 2.13. The van der Waals surface area contributed by atoms with E-state index in [4.69, 9.17) is 12.2 Å². The minimum absolute atomic E-state index is 0.0777. The molecule has 0 spiro atoms. The minimum Gasteiger partial charge on any atom is -0.550 e. The zero-order valence-electron chi connectivity index (χ0n) is 14.3. The van der Waals surface area contributed by atoms with E-state index < -0.39 is 5.97 Å². The number of thiocarbonyl (C=S) groups is 1. The zero-order chi connectivity index (χ0) is 18.0. The van der Waals surface area contributed by atoms with Crippen molar-refractivity contribution >= 4 is 46.3 Å². The van der Waals surface area contributed by atoms with Crippen LogP contribution in [-0.4, -0.2) is 32.2 Å². The molecule has 1 aromatic heterocycles. The molecule has 130 valence electrons. The number of carbonyl (C=O) groups is 2. The molecule has 2 heterocycles. The normalized spacial score (nSPS) is 16.7. The largest absolute Gasteiger partial charge is 0.550 e. The molecule has 0 atom stereocenters. The fraction of sp³-hybridized carbons (Fsp3) is 0.471. The van der Waals surface area contributed by atoms with Crippen molar-refractivity contribution in [2.24, 2.45) is 0 Å². The maximum absolute atomic E-state index is 12.5. The first-order chi connectivity index (χ1) is 11.2. The van der Waals surface area contributed by atoms with Gasteiger partial charge in [-0.1, -0.05) is 24.0 Å². The number of carboxylic acid groups (broad SMARTS) is 1. The Morgan fingerprint density at radius 1 is 1.42 bits per heavy atom. The average Bonchev–Trinajstić information content (AvgIpc) is 2.89. The lowest BCUT2D eigenvalue weighted by Crippen LogP contribution is -2.30. The van der Waals surface area contributed by atoms with Crippen molar-refractivity contribution in [1.29, 1.82) is 0 Å². The predicted molar refractivity (Wildman–Crippen MR) is 98.4 cm³/mol. The zero-order valence-corrected chi connectivity index (χ0v) is 15.9. The topological polar surface area (TPSA) is 65.4 Å². The van der Waals surface area contributed by atoms with Crippen molar-refractivity contribution in [3.05, 3.63) is 27.9 Å². The molecule has 0 aromatic carbocycles. The van der Waals surface area contributed by atoms with Crippen molar-refractivity contribution in [1.82, 2.24) is 9.47 Å². The molecule has 0 unspecified atom stereocenters. The molecule has 1 aromatic rings. The number of amides is 1. The highest BCUT2D eigenvalue weighted by molar-refractivity contribution is 8.26. The first-order valence-electron chi connectivity index (χ1n) is 7.86. The Bertz CT molecular complexity index is 720. The van der Waals surface area contributed by atoms with E-state index in [0.29, 0.717) is 28.2 Å². The quantitative estimate of drug-likeness (QED) is 0.572. The Morgan fingerprint density at radius 3 is 2.62 bits per heavy atom. The second kappa shape index (κ2) is 7.53. The van der Waals surface area contributed by atoms with Crippen molar-refractivity contribution in [3.63, 3.8) is 0 Å². The Balaban J connectivity index is 2.20. The number of rotatable bonds is 6. The lowest BCUT2D eigenvalue weighted by Gasteiger charge is -2.14. The third kappa shape index (κ3) is 3.89. The summed E-state index contributed by atoms with van der Waals surface area (Å²) in [7, 11) is 0. The van der Waals surface area contributed by atoms with E-state index >= 15 is 0 Å². The SMILES string of the molecule is Cc1cc(/C=C2\SC(=S)N(CCCC(=O)[O-])C2=O)c(C)n1C(C)C. The van der Waals surface area contributed by atoms with Gasteiger partial charge >= 0.3 is 0 Å². The van der Waals surface area contributed by atoms with E-state index in [1.165, 1.54) is 16.7 Å². The number of hydrogen-bond donors (Lipinski definition) is 0. The van der Waals surface area contributed by atoms with Crippen LogP contribution in [-0.2, 0) is 9.59 Å². The smallest absolute Gasteiger partial charge is 0.266 e. The predicted octanol–water partition coefficient (Wildman–Crippen LogP) is 2.42. The number of carbonyl (C=O) groups excluding carboxylic acids is 2. The summed E-state index contributed by atoms with van der Waals surface area (Å²) < 4.78 is 2.70. The number of carboxylic acids is 1. The first kappa shape index (κ1) is 18.7. The van der Waals surface area contributed by atoms with Gasteiger partial charge in [0.2, 0.25) is 0 Å². The van der Waals surface area contributed by atoms with Gasteiger partial charge in [0, 0.05) is 29.9 Å². The van der Waals surface area contributed by atoms with E-state index in [-0.39, 0.29) is 12.3 Å². The van der Waals surface area contributed by atoms with Gasteiger partial charge in [-0.05, 0) is 58.2 Å². The van der Waals surface area contributed by atoms with Crippen LogP contribution >= 0.6 is 24.0 Å². The molecule has 1 aliphatic heterocycles. The standard InChI is InChI=1S/C17H22N2O3S2/c1-10(2)19-11(3)8-13(12(19)4)9-14-16(22)18(17(23)24-14)7-5-6-15(20)21/h8-10H,5-7H2,1-4H3,(H,20,21)/p-1/b14-9-. The summed E-state index contributed by atoms with van der Waals surface area (Å²) in [5.74, 6) is -1.27. The highest BCUT2D eigenvalue weighted by Crippen LogP contribution is 2.34. The van der Waals surface area contributed by atoms with Gasteiger partial charge < -0.3 is 14.5 Å². The second-order valence-corrected chi connectivity index (χ2v) is 7.77. The molecular weight excluding hydrogens is 344 g/mol. The number of aryl methyl sites for hydroxylation is 1. The number of nitrogens with zero attached hydrogens (tertiary/aromatic N) is 2. The number of aliphatic carboxylic acids is 1. The fourth-order valence-corrected chi connectivity index (χ4v) is 4.26. The summed E-state index contributed by atoms with van der Waals surface area (Å²) in [6, 6.07) is 2.42. The summed E-state index contributed by atoms with van der Waals surface area (Å²) in [5.41, 5.74) is 3.28. The van der Waals surface area contributed by atoms with Gasteiger partial charge in [-0.25, -0.2) is 0 Å². The molecule has 2 rings (SSSR count). The van der Waals surface area contributed by atoms with Gasteiger partial charge in [-0.3, -0.25) is 9.69 Å². The van der Waals surface area contributed by atoms with Crippen molar-refractivity contribution < 1.29 is 14.7 Å². The lowest BCUT2D eigenvalue weighted by atomic mass is 10.2. The molecule has 0 radical (unpaired) electrons. The van der Waals surface area contributed by atoms with Gasteiger partial charge in [-0.15, -0.1) is 0 Å². The van der Waals surface area contributed by atoms with Crippen molar-refractivity contribution in [2.75, 3.05) is 6.54 Å². The Labute approximate surface area is 151 Å². The van der Waals surface area contributed by atoms with Crippen molar-refractivity contribution in [2.45, 2.75) is 46.6 Å². The summed E-state index contributed by atoms with van der Waals surface area (Å²) in [4.78, 5) is 25.1. The molecule has 24 heavy (non-hydrogen) atoms. The molecule has 7 heteroatoms. The third-order valence-corrected chi connectivity index (χ3v) is 5.34. The number of thioether (sulfide) groups is 1. The maximum atomic E-state index is 12.5. The Morgan fingerprint density at radius 2 is 2.08 bits per heavy atom. The van der Waals surface area contributed by atoms with Gasteiger partial charge in [0.1, 0.15) is 4.32 Å². The molecule has 0 saturated carbocycles. The van der Waals surface area contributed by atoms with Crippen LogP contribution in [0.2, 0.25) is 0 Å². The van der Waals surface area contributed by atoms with E-state index in [1.807, 2.05) is 13.0 Å². The Kier molecular flexibility index (Phi) is 5.87. The maximum Gasteiger partial charge on any atom is 0.266 e. The van der Waals surface area contributed by atoms with E-state index in [2.05, 4.69) is 31.4 Å². The van der Waals surface area contributed by atoms with Crippen LogP contribution in [0.25, 0.3) is 6.08 Å². The van der Waals surface area contributed by atoms with Gasteiger partial charge in [0.15, 0.2) is 0 Å². The average molecular weight is 366 g/mol. The third-order valence-electron chi connectivity index (χ3n) is 3.96. The van der Waals surface area contributed by atoms with Gasteiger partial charge in [-0.2, -0.15) is 0 Å². The second-order valence-electron chi connectivity index (χ2n) is 6.10. The highest BCUT2D eigenvalue weighted by atomic mass is 32.2. The Hall–Kier alpha value is -1.60. The number of hydrogen-bond acceptors (Lipinski definition) is 5. The van der Waals surface area contributed by atoms with Crippen LogP contribution in [0.3, 0.4) is 0 Å². The van der Waals surface area contributed by atoms with Crippen LogP contribution < -0.4 is 5.11 Å². The van der Waals surface area contributed by atoms with E-state index in [1.54, 1.807) is 0 Å². The molecule has 1 amide bonds. The van der Waals surface area contributed by atoms with Crippen LogP contribution in [0.5, 0.6) is 0 Å². The first-order valence-corrected chi connectivity index (χ1v) is 9.08. The minimum atomic E-state index is -1.11. The lowest BCUT2D eigenvalue weighted by molar-refractivity contribution is -0.305. The van der Waals surface area contributed by atoms with Gasteiger partial charge in [0.05, 0.1) is 4.91 Å². The van der Waals surface area contributed by atoms with Crippen LogP contribution in [0.1, 0.15) is 49.7 Å². The fourth-order valence-electron chi connectivity index (χ4n) is 2.96. The summed E-state index contributed by atoms with van der Waals surface area (Å²) >= 11 is 6.52. The number of aromatic nitrogens is 1. The van der Waals surface area contributed by atoms with Crippen LogP contribution in [0.4, 0.5) is 0 Å². The van der Waals surface area contributed by atoms with E-state index in [0.717, 1.165) is 17.0 Å². The molecular formula is C17H21N2O3S2-. The highest BCUT2D eigenvalue weighted by Gasteiger charge is 2.31. The summed E-state index contributed by atoms with van der Waals surface area (Å²) in [5, 5.41) is 10.5. The molecule has 0 bridgehead atoms. The molecule has 0 aliphatic carbocycles. The van der Waals surface area contributed by atoms with E-state index in [9.17, 15) is 14.7 Å². The van der Waals surface area contributed by atoms with Crippen LogP contribution in [0.15, 0.2) is 11.0 Å².